The first-order valence-electron chi connectivity index (χ1n) is 8.29. The second-order valence-corrected chi connectivity index (χ2v) is 8.12. The Balaban J connectivity index is 2.62. The first-order valence-corrected chi connectivity index (χ1v) is 9.90. The van der Waals surface area contributed by atoms with Gasteiger partial charge in [-0.1, -0.05) is 6.08 Å². The standard InChI is InChI=1S/C18H27N2O3P/c1-7-22-24(21,23-8-2)18-14(4)9-13(3)12-20(18)17-15(5)10-19-11-16(17)6/h9-12,18H,7-8H2,1-6H3. The van der Waals surface area contributed by atoms with Gasteiger partial charge in [-0.3, -0.25) is 9.55 Å². The van der Waals surface area contributed by atoms with Crippen molar-refractivity contribution >= 4 is 13.3 Å². The van der Waals surface area contributed by atoms with Crippen molar-refractivity contribution in [2.75, 3.05) is 18.1 Å². The topological polar surface area (TPSA) is 51.7 Å². The number of anilines is 1. The third-order valence-electron chi connectivity index (χ3n) is 3.93. The summed E-state index contributed by atoms with van der Waals surface area (Å²) in [6.45, 7) is 12.4. The zero-order chi connectivity index (χ0) is 17.9. The van der Waals surface area contributed by atoms with E-state index in [1.807, 2.05) is 71.1 Å². The molecule has 6 heteroatoms. The molecule has 0 aliphatic carbocycles. The number of allylic oxidation sites excluding steroid dienone is 2. The van der Waals surface area contributed by atoms with Gasteiger partial charge in [-0.15, -0.1) is 0 Å². The number of pyridine rings is 1. The van der Waals surface area contributed by atoms with Crippen molar-refractivity contribution in [3.05, 3.63) is 46.9 Å². The van der Waals surface area contributed by atoms with Crippen LogP contribution in [0.3, 0.4) is 0 Å². The fourth-order valence-electron chi connectivity index (χ4n) is 3.21. The smallest absolute Gasteiger partial charge is 0.329 e. The molecule has 0 radical (unpaired) electrons. The minimum atomic E-state index is -3.35. The zero-order valence-corrected chi connectivity index (χ0v) is 16.3. The number of nitrogens with zero attached hydrogens (tertiary/aromatic N) is 2. The molecule has 0 saturated carbocycles. The highest BCUT2D eigenvalue weighted by atomic mass is 31.2. The van der Waals surface area contributed by atoms with Gasteiger partial charge >= 0.3 is 7.60 Å². The summed E-state index contributed by atoms with van der Waals surface area (Å²) >= 11 is 0. The average Bonchev–Trinajstić information content (AvgIpc) is 2.46. The maximum atomic E-state index is 13.5. The van der Waals surface area contributed by atoms with Crippen molar-refractivity contribution in [1.82, 2.24) is 4.98 Å². The van der Waals surface area contributed by atoms with Crippen LogP contribution < -0.4 is 4.90 Å². The number of hydrogen-bond acceptors (Lipinski definition) is 5. The lowest BCUT2D eigenvalue weighted by molar-refractivity contribution is 0.214. The minimum absolute atomic E-state index is 0.339. The summed E-state index contributed by atoms with van der Waals surface area (Å²) in [6, 6.07) is 0. The van der Waals surface area contributed by atoms with E-state index in [-0.39, 0.29) is 0 Å². The molecule has 1 aromatic rings. The molecule has 0 fully saturated rings. The molecular weight excluding hydrogens is 323 g/mol. The fourth-order valence-corrected chi connectivity index (χ4v) is 5.35. The van der Waals surface area contributed by atoms with E-state index in [0.29, 0.717) is 13.2 Å². The molecule has 0 N–H and O–H groups in total. The molecule has 0 saturated heterocycles. The van der Waals surface area contributed by atoms with Crippen LogP contribution in [0.5, 0.6) is 0 Å². The molecule has 1 aliphatic heterocycles. The van der Waals surface area contributed by atoms with E-state index in [4.69, 9.17) is 9.05 Å². The van der Waals surface area contributed by atoms with Crippen LogP contribution in [0.4, 0.5) is 5.69 Å². The predicted molar refractivity (Wildman–Crippen MR) is 98.4 cm³/mol. The van der Waals surface area contributed by atoms with E-state index in [1.54, 1.807) is 0 Å². The van der Waals surface area contributed by atoms with Crippen LogP contribution in [0.15, 0.2) is 35.8 Å². The average molecular weight is 350 g/mol. The molecule has 1 aliphatic rings. The highest BCUT2D eigenvalue weighted by molar-refractivity contribution is 7.55. The Morgan fingerprint density at radius 3 is 2.12 bits per heavy atom. The first kappa shape index (κ1) is 18.9. The van der Waals surface area contributed by atoms with Crippen molar-refractivity contribution in [2.24, 2.45) is 0 Å². The molecule has 2 rings (SSSR count). The Kier molecular flexibility index (Phi) is 6.02. The highest BCUT2D eigenvalue weighted by Gasteiger charge is 2.42. The molecule has 1 aromatic heterocycles. The summed E-state index contributed by atoms with van der Waals surface area (Å²) in [5.74, 6) is -0.471. The van der Waals surface area contributed by atoms with Gasteiger partial charge in [0.15, 0.2) is 5.78 Å². The Labute approximate surface area is 144 Å². The molecule has 24 heavy (non-hydrogen) atoms. The van der Waals surface area contributed by atoms with Crippen LogP contribution in [0.2, 0.25) is 0 Å². The molecule has 1 atom stereocenters. The Morgan fingerprint density at radius 1 is 1.08 bits per heavy atom. The third-order valence-corrected chi connectivity index (χ3v) is 6.42. The van der Waals surface area contributed by atoms with Crippen molar-refractivity contribution in [2.45, 2.75) is 47.3 Å². The van der Waals surface area contributed by atoms with Crippen molar-refractivity contribution in [1.29, 1.82) is 0 Å². The summed E-state index contributed by atoms with van der Waals surface area (Å²) < 4.78 is 24.8. The fraction of sp³-hybridized carbons (Fsp3) is 0.500. The number of rotatable bonds is 6. The Morgan fingerprint density at radius 2 is 1.62 bits per heavy atom. The second-order valence-electron chi connectivity index (χ2n) is 6.04. The maximum absolute atomic E-state index is 13.5. The van der Waals surface area contributed by atoms with Crippen LogP contribution in [0.25, 0.3) is 0 Å². The van der Waals surface area contributed by atoms with E-state index in [1.165, 1.54) is 0 Å². The molecule has 2 heterocycles. The van der Waals surface area contributed by atoms with E-state index in [9.17, 15) is 4.57 Å². The lowest BCUT2D eigenvalue weighted by atomic mass is 10.1. The van der Waals surface area contributed by atoms with Crippen molar-refractivity contribution in [3.8, 4) is 0 Å². The van der Waals surface area contributed by atoms with Gasteiger partial charge in [0.2, 0.25) is 0 Å². The lowest BCUT2D eigenvalue weighted by Gasteiger charge is -2.39. The minimum Gasteiger partial charge on any atom is -0.329 e. The number of aromatic nitrogens is 1. The van der Waals surface area contributed by atoms with Gasteiger partial charge in [0.1, 0.15) is 0 Å². The van der Waals surface area contributed by atoms with Crippen LogP contribution in [0, 0.1) is 13.8 Å². The molecule has 0 aromatic carbocycles. The van der Waals surface area contributed by atoms with Crippen LogP contribution >= 0.6 is 7.60 Å². The monoisotopic (exact) mass is 350 g/mol. The van der Waals surface area contributed by atoms with E-state index in [2.05, 4.69) is 4.98 Å². The van der Waals surface area contributed by atoms with Crippen LogP contribution in [-0.4, -0.2) is 24.0 Å². The zero-order valence-electron chi connectivity index (χ0n) is 15.4. The van der Waals surface area contributed by atoms with Crippen molar-refractivity contribution in [3.63, 3.8) is 0 Å². The molecule has 0 bridgehead atoms. The van der Waals surface area contributed by atoms with Crippen LogP contribution in [-0.2, 0) is 13.6 Å². The number of aryl methyl sites for hydroxylation is 2. The summed E-state index contributed by atoms with van der Waals surface area (Å²) in [5, 5.41) is 0. The van der Waals surface area contributed by atoms with Gasteiger partial charge in [-0.2, -0.15) is 0 Å². The van der Waals surface area contributed by atoms with E-state index in [0.717, 1.165) is 28.0 Å². The van der Waals surface area contributed by atoms with Crippen molar-refractivity contribution < 1.29 is 13.6 Å². The predicted octanol–water partition coefficient (Wildman–Crippen LogP) is 4.96. The Bertz CT molecular complexity index is 682. The van der Waals surface area contributed by atoms with Gasteiger partial charge in [-0.05, 0) is 63.8 Å². The quantitative estimate of drug-likeness (QED) is 0.679. The molecule has 1 unspecified atom stereocenters. The summed E-state index contributed by atoms with van der Waals surface area (Å²) in [7, 11) is -3.35. The lowest BCUT2D eigenvalue weighted by Crippen LogP contribution is -2.36. The Hall–Kier alpha value is -1.42. The maximum Gasteiger partial charge on any atom is 0.357 e. The molecule has 132 valence electrons. The third kappa shape index (κ3) is 3.64. The van der Waals surface area contributed by atoms with E-state index >= 15 is 0 Å². The summed E-state index contributed by atoms with van der Waals surface area (Å²) in [6.07, 6.45) is 7.69. The van der Waals surface area contributed by atoms with E-state index < -0.39 is 13.4 Å². The second kappa shape index (κ2) is 7.64. The molecular formula is C18H27N2O3P. The molecule has 0 spiro atoms. The first-order chi connectivity index (χ1) is 11.3. The molecule has 0 amide bonds. The highest BCUT2D eigenvalue weighted by Crippen LogP contribution is 2.58. The van der Waals surface area contributed by atoms with Gasteiger partial charge < -0.3 is 13.9 Å². The summed E-state index contributed by atoms with van der Waals surface area (Å²) in [4.78, 5) is 6.27. The SMILES string of the molecule is CCOP(=O)(OCC)C1C(C)=CC(C)=CN1c1c(C)cncc1C. The normalized spacial score (nSPS) is 18.4. The van der Waals surface area contributed by atoms with Crippen LogP contribution in [0.1, 0.15) is 38.8 Å². The largest absolute Gasteiger partial charge is 0.357 e. The van der Waals surface area contributed by atoms with Gasteiger partial charge in [0, 0.05) is 18.6 Å². The summed E-state index contributed by atoms with van der Waals surface area (Å²) in [5.41, 5.74) is 5.12. The molecule has 5 nitrogen and oxygen atoms in total. The van der Waals surface area contributed by atoms with Gasteiger partial charge in [0.05, 0.1) is 18.9 Å². The van der Waals surface area contributed by atoms with Gasteiger partial charge in [-0.25, -0.2) is 0 Å². The number of hydrogen-bond donors (Lipinski definition) is 0. The van der Waals surface area contributed by atoms with Gasteiger partial charge in [0.25, 0.3) is 0 Å².